The molecule has 0 amide bonds. The average molecular weight is 418 g/mol. The Morgan fingerprint density at radius 2 is 1.77 bits per heavy atom. The maximum atomic E-state index is 12.2. The topological polar surface area (TPSA) is 65.0 Å². The van der Waals surface area contributed by atoms with Crippen molar-refractivity contribution in [3.63, 3.8) is 0 Å². The van der Waals surface area contributed by atoms with E-state index in [9.17, 15) is 9.59 Å². The van der Waals surface area contributed by atoms with Crippen molar-refractivity contribution in [3.8, 4) is 5.75 Å². The van der Waals surface area contributed by atoms with Crippen LogP contribution in [0.1, 0.15) is 27.0 Å². The largest absolute Gasteiger partial charge is 0.423 e. The number of aryl methyl sites for hydroxylation is 1. The summed E-state index contributed by atoms with van der Waals surface area (Å²) in [5.41, 5.74) is 3.13. The first-order valence-corrected chi connectivity index (χ1v) is 9.53. The van der Waals surface area contributed by atoms with E-state index < -0.39 is 11.9 Å². The number of benzene rings is 3. The van der Waals surface area contributed by atoms with E-state index in [0.29, 0.717) is 16.3 Å². The molecule has 1 aliphatic heterocycles. The first-order chi connectivity index (χ1) is 14.5. The van der Waals surface area contributed by atoms with Crippen LogP contribution in [0.15, 0.2) is 83.5 Å². The molecule has 0 radical (unpaired) electrons. The minimum atomic E-state index is -0.512. The number of carbonyl (C=O) groups excluding carboxylic acids is 2. The van der Waals surface area contributed by atoms with Gasteiger partial charge in [-0.2, -0.15) is 0 Å². The van der Waals surface area contributed by atoms with E-state index in [2.05, 4.69) is 4.99 Å². The lowest BCUT2D eigenvalue weighted by Crippen LogP contribution is -2.08. The van der Waals surface area contributed by atoms with Gasteiger partial charge in [0.2, 0.25) is 5.90 Å². The van der Waals surface area contributed by atoms with Crippen molar-refractivity contribution in [2.24, 2.45) is 4.99 Å². The normalized spacial score (nSPS) is 14.4. The Labute approximate surface area is 178 Å². The summed E-state index contributed by atoms with van der Waals surface area (Å²) in [5.74, 6) is -0.365. The highest BCUT2D eigenvalue weighted by Gasteiger charge is 2.24. The second-order valence-corrected chi connectivity index (χ2v) is 7.11. The van der Waals surface area contributed by atoms with Crippen LogP contribution in [0.25, 0.3) is 6.08 Å². The van der Waals surface area contributed by atoms with Crippen molar-refractivity contribution < 1.29 is 19.1 Å². The highest BCUT2D eigenvalue weighted by Crippen LogP contribution is 2.21. The van der Waals surface area contributed by atoms with Gasteiger partial charge in [-0.3, -0.25) is 0 Å². The Bertz CT molecular complexity index is 1180. The van der Waals surface area contributed by atoms with Crippen LogP contribution in [0.3, 0.4) is 0 Å². The molecule has 1 heterocycles. The summed E-state index contributed by atoms with van der Waals surface area (Å²) in [6, 6.07) is 20.8. The molecule has 4 rings (SSSR count). The SMILES string of the molecule is Cc1ccc(C2=NC(=Cc3ccc(OC(=O)c4cccc(Cl)c4)cc3)C(=O)O2)cc1. The molecule has 0 spiro atoms. The van der Waals surface area contributed by atoms with Crippen LogP contribution in [-0.4, -0.2) is 17.8 Å². The maximum Gasteiger partial charge on any atom is 0.363 e. The molecule has 0 atom stereocenters. The van der Waals surface area contributed by atoms with Gasteiger partial charge in [-0.25, -0.2) is 14.6 Å². The van der Waals surface area contributed by atoms with E-state index in [1.807, 2.05) is 31.2 Å². The number of halogens is 1. The van der Waals surface area contributed by atoms with Gasteiger partial charge >= 0.3 is 11.9 Å². The van der Waals surface area contributed by atoms with Crippen LogP contribution >= 0.6 is 11.6 Å². The van der Waals surface area contributed by atoms with Gasteiger partial charge in [0.05, 0.1) is 5.56 Å². The van der Waals surface area contributed by atoms with E-state index in [1.165, 1.54) is 6.07 Å². The minimum absolute atomic E-state index is 0.203. The monoisotopic (exact) mass is 417 g/mol. The summed E-state index contributed by atoms with van der Waals surface area (Å²) in [4.78, 5) is 28.6. The molecule has 0 fully saturated rings. The predicted molar refractivity (Wildman–Crippen MR) is 115 cm³/mol. The van der Waals surface area contributed by atoms with Gasteiger partial charge < -0.3 is 9.47 Å². The molecule has 0 unspecified atom stereocenters. The number of ether oxygens (including phenoxy) is 2. The molecular formula is C24H16ClNO4. The third-order valence-electron chi connectivity index (χ3n) is 4.37. The van der Waals surface area contributed by atoms with E-state index in [1.54, 1.807) is 48.5 Å². The molecule has 0 N–H and O–H groups in total. The fourth-order valence-corrected chi connectivity index (χ4v) is 2.99. The predicted octanol–water partition coefficient (Wildman–Crippen LogP) is 5.21. The Morgan fingerprint density at radius 3 is 2.47 bits per heavy atom. The first-order valence-electron chi connectivity index (χ1n) is 9.15. The zero-order chi connectivity index (χ0) is 21.1. The van der Waals surface area contributed by atoms with Crippen LogP contribution in [-0.2, 0) is 9.53 Å². The number of nitrogens with zero attached hydrogens (tertiary/aromatic N) is 1. The van der Waals surface area contributed by atoms with Gasteiger partial charge in [0.15, 0.2) is 5.70 Å². The number of hydrogen-bond acceptors (Lipinski definition) is 5. The Morgan fingerprint density at radius 1 is 1.03 bits per heavy atom. The van der Waals surface area contributed by atoms with Gasteiger partial charge in [-0.1, -0.05) is 47.5 Å². The number of esters is 2. The summed E-state index contributed by atoms with van der Waals surface area (Å²) in [6.07, 6.45) is 1.62. The van der Waals surface area contributed by atoms with Crippen LogP contribution in [0.2, 0.25) is 5.02 Å². The summed E-state index contributed by atoms with van der Waals surface area (Å²) in [6.45, 7) is 1.98. The molecule has 0 aliphatic carbocycles. The Hall–Kier alpha value is -3.70. The Kier molecular flexibility index (Phi) is 5.46. The molecule has 0 saturated carbocycles. The van der Waals surface area contributed by atoms with Crippen LogP contribution in [0.4, 0.5) is 0 Å². The van der Waals surface area contributed by atoms with E-state index in [-0.39, 0.29) is 11.6 Å². The van der Waals surface area contributed by atoms with E-state index >= 15 is 0 Å². The first kappa shape index (κ1) is 19.6. The fraction of sp³-hybridized carbons (Fsp3) is 0.0417. The number of carbonyl (C=O) groups is 2. The summed E-state index contributed by atoms with van der Waals surface area (Å²) >= 11 is 5.90. The molecule has 0 aromatic heterocycles. The molecule has 6 heteroatoms. The van der Waals surface area contributed by atoms with Crippen molar-refractivity contribution in [1.82, 2.24) is 0 Å². The molecule has 3 aromatic rings. The van der Waals surface area contributed by atoms with Gasteiger partial charge in [-0.15, -0.1) is 0 Å². The second-order valence-electron chi connectivity index (χ2n) is 6.67. The van der Waals surface area contributed by atoms with Gasteiger partial charge in [0.1, 0.15) is 5.75 Å². The third kappa shape index (κ3) is 4.47. The van der Waals surface area contributed by atoms with Crippen molar-refractivity contribution in [1.29, 1.82) is 0 Å². The van der Waals surface area contributed by atoms with Crippen molar-refractivity contribution in [2.45, 2.75) is 6.92 Å². The molecule has 30 heavy (non-hydrogen) atoms. The average Bonchev–Trinajstić information content (AvgIpc) is 3.10. The highest BCUT2D eigenvalue weighted by molar-refractivity contribution is 6.30. The lowest BCUT2D eigenvalue weighted by molar-refractivity contribution is -0.129. The minimum Gasteiger partial charge on any atom is -0.423 e. The fourth-order valence-electron chi connectivity index (χ4n) is 2.80. The maximum absolute atomic E-state index is 12.2. The molecule has 0 saturated heterocycles. The number of aliphatic imine (C=N–C) groups is 1. The van der Waals surface area contributed by atoms with E-state index in [0.717, 1.165) is 16.7 Å². The molecule has 3 aromatic carbocycles. The summed E-state index contributed by atoms with van der Waals surface area (Å²) < 4.78 is 10.6. The van der Waals surface area contributed by atoms with Crippen molar-refractivity contribution >= 4 is 35.5 Å². The Balaban J connectivity index is 1.48. The van der Waals surface area contributed by atoms with Crippen molar-refractivity contribution in [3.05, 3.63) is 106 Å². The van der Waals surface area contributed by atoms with Gasteiger partial charge in [0.25, 0.3) is 0 Å². The smallest absolute Gasteiger partial charge is 0.363 e. The van der Waals surface area contributed by atoms with Crippen LogP contribution < -0.4 is 4.74 Å². The van der Waals surface area contributed by atoms with Gasteiger partial charge in [-0.05, 0) is 61.0 Å². The number of cyclic esters (lactones) is 1. The molecule has 5 nitrogen and oxygen atoms in total. The highest BCUT2D eigenvalue weighted by atomic mass is 35.5. The van der Waals surface area contributed by atoms with Gasteiger partial charge in [0, 0.05) is 10.6 Å². The molecule has 148 valence electrons. The lowest BCUT2D eigenvalue weighted by Gasteiger charge is -2.05. The standard InChI is InChI=1S/C24H16ClNO4/c1-15-5-9-17(10-6-15)22-26-21(24(28)30-22)13-16-7-11-20(12-8-16)29-23(27)18-3-2-4-19(25)14-18/h2-14H,1H3. The summed E-state index contributed by atoms with van der Waals surface area (Å²) in [5, 5.41) is 0.459. The summed E-state index contributed by atoms with van der Waals surface area (Å²) in [7, 11) is 0. The lowest BCUT2D eigenvalue weighted by atomic mass is 10.1. The third-order valence-corrected chi connectivity index (χ3v) is 4.61. The molecular weight excluding hydrogens is 402 g/mol. The molecule has 0 bridgehead atoms. The van der Waals surface area contributed by atoms with Crippen LogP contribution in [0, 0.1) is 6.92 Å². The zero-order valence-corrected chi connectivity index (χ0v) is 16.7. The second kappa shape index (κ2) is 8.35. The van der Waals surface area contributed by atoms with Crippen LogP contribution in [0.5, 0.6) is 5.75 Å². The molecule has 1 aliphatic rings. The quantitative estimate of drug-likeness (QED) is 0.332. The van der Waals surface area contributed by atoms with E-state index in [4.69, 9.17) is 21.1 Å². The van der Waals surface area contributed by atoms with Crippen molar-refractivity contribution in [2.75, 3.05) is 0 Å². The zero-order valence-electron chi connectivity index (χ0n) is 16.0. The number of hydrogen-bond donors (Lipinski definition) is 0. The number of rotatable bonds is 4.